The third-order valence-corrected chi connectivity index (χ3v) is 8.34. The Bertz CT molecular complexity index is 1320. The highest BCUT2D eigenvalue weighted by molar-refractivity contribution is 7.87. The van der Waals surface area contributed by atoms with E-state index in [1.807, 2.05) is 0 Å². The van der Waals surface area contributed by atoms with Gasteiger partial charge >= 0.3 is 0 Å². The number of nitrogens with one attached hydrogen (secondary N) is 3. The Labute approximate surface area is 227 Å². The van der Waals surface area contributed by atoms with Crippen LogP contribution in [0.3, 0.4) is 0 Å². The fraction of sp³-hybridized carbons (Fsp3) is 0.400. The van der Waals surface area contributed by atoms with E-state index in [1.54, 1.807) is 41.3 Å². The lowest BCUT2D eigenvalue weighted by Crippen LogP contribution is -2.52. The van der Waals surface area contributed by atoms with Crippen LogP contribution in [0.4, 0.5) is 11.5 Å². The molecule has 204 valence electrons. The lowest BCUT2D eigenvalue weighted by molar-refractivity contribution is -0.116. The van der Waals surface area contributed by atoms with E-state index in [9.17, 15) is 13.2 Å². The number of amides is 1. The Morgan fingerprint density at radius 2 is 1.97 bits per heavy atom. The molecule has 5 N–H and O–H groups in total. The minimum atomic E-state index is -3.75. The zero-order chi connectivity index (χ0) is 27.3. The highest BCUT2D eigenvalue weighted by Gasteiger charge is 2.39. The second kappa shape index (κ2) is 11.7. The van der Waals surface area contributed by atoms with Gasteiger partial charge in [0.2, 0.25) is 5.76 Å². The number of nitrogens with two attached hydrogens (primary N) is 1. The van der Waals surface area contributed by atoms with Crippen molar-refractivity contribution in [2.45, 2.75) is 26.3 Å². The molecule has 2 heterocycles. The van der Waals surface area contributed by atoms with E-state index in [2.05, 4.69) is 21.9 Å². The van der Waals surface area contributed by atoms with Crippen molar-refractivity contribution in [3.63, 3.8) is 0 Å². The number of benzene rings is 1. The number of piperazine rings is 1. The van der Waals surface area contributed by atoms with E-state index in [1.165, 1.54) is 10.5 Å². The number of nitrogen functional groups attached to an aromatic ring is 1. The van der Waals surface area contributed by atoms with Gasteiger partial charge in [-0.05, 0) is 48.7 Å². The van der Waals surface area contributed by atoms with E-state index in [0.717, 1.165) is 19.1 Å². The van der Waals surface area contributed by atoms with Crippen LogP contribution in [0.2, 0.25) is 5.02 Å². The van der Waals surface area contributed by atoms with E-state index >= 15 is 0 Å². The molecule has 1 aliphatic heterocycles. The number of carbonyl (C=O) groups is 1. The van der Waals surface area contributed by atoms with E-state index in [0.29, 0.717) is 34.4 Å². The number of allylic oxidation sites excluding steroid dienone is 1. The second-order valence-corrected chi connectivity index (χ2v) is 11.9. The van der Waals surface area contributed by atoms with Gasteiger partial charge < -0.3 is 26.1 Å². The molecule has 0 radical (unpaired) electrons. The first-order valence-electron chi connectivity index (χ1n) is 12.2. The smallest absolute Gasteiger partial charge is 0.293 e. The Balaban J connectivity index is 1.45. The molecule has 1 aromatic heterocycles. The van der Waals surface area contributed by atoms with Gasteiger partial charge in [-0.15, -0.1) is 0 Å². The highest BCUT2D eigenvalue weighted by Crippen LogP contribution is 2.45. The number of pyridine rings is 1. The molecule has 11 nitrogen and oxygen atoms in total. The van der Waals surface area contributed by atoms with E-state index in [4.69, 9.17) is 27.5 Å². The predicted octanol–water partition coefficient (Wildman–Crippen LogP) is 2.59. The maximum Gasteiger partial charge on any atom is 0.293 e. The van der Waals surface area contributed by atoms with Gasteiger partial charge in [-0.1, -0.05) is 24.6 Å². The summed E-state index contributed by atoms with van der Waals surface area (Å²) in [6.45, 7) is 3.42. The van der Waals surface area contributed by atoms with Crippen molar-refractivity contribution in [2.75, 3.05) is 43.8 Å². The van der Waals surface area contributed by atoms with Crippen LogP contribution in [0.1, 0.15) is 25.3 Å². The first-order valence-corrected chi connectivity index (χ1v) is 14.0. The average molecular weight is 562 g/mol. The standard InChI is InChI=1S/C25H32ClN7O4S/c1-25(6-7-25)17-37-23(24(34)31-20-4-2-3-19(26)14-20)21(15-27)32-9-11-33(12-10-32)38(35,36)30-16-18-5-8-29-22(28)13-18/h2-5,8,13-15,27,30H,6-7,9-12,16-17H2,1H3,(H2,28,29)(H,31,34)/b23-21-,27-15?. The predicted molar refractivity (Wildman–Crippen MR) is 147 cm³/mol. The van der Waals surface area contributed by atoms with Crippen molar-refractivity contribution in [3.05, 3.63) is 64.6 Å². The summed E-state index contributed by atoms with van der Waals surface area (Å²) >= 11 is 6.06. The highest BCUT2D eigenvalue weighted by atomic mass is 35.5. The summed E-state index contributed by atoms with van der Waals surface area (Å²) in [5, 5.41) is 11.3. The lowest BCUT2D eigenvalue weighted by Gasteiger charge is -2.36. The van der Waals surface area contributed by atoms with Gasteiger partial charge in [-0.2, -0.15) is 17.4 Å². The minimum absolute atomic E-state index is 0.00660. The summed E-state index contributed by atoms with van der Waals surface area (Å²) in [6, 6.07) is 10.1. The summed E-state index contributed by atoms with van der Waals surface area (Å²) in [5.41, 5.74) is 7.18. The van der Waals surface area contributed by atoms with Crippen LogP contribution in [-0.4, -0.2) is 67.5 Å². The summed E-state index contributed by atoms with van der Waals surface area (Å²) < 4.78 is 35.7. The first kappa shape index (κ1) is 27.8. The molecule has 4 rings (SSSR count). The van der Waals surface area contributed by atoms with Gasteiger partial charge in [0.05, 0.1) is 6.61 Å². The Kier molecular flexibility index (Phi) is 8.56. The quantitative estimate of drug-likeness (QED) is 0.187. The molecule has 2 aromatic rings. The number of ether oxygens (including phenoxy) is 1. The van der Waals surface area contributed by atoms with Gasteiger partial charge in [-0.3, -0.25) is 4.79 Å². The molecular formula is C25H32ClN7O4S. The molecule has 0 spiro atoms. The van der Waals surface area contributed by atoms with Crippen molar-refractivity contribution in [1.82, 2.24) is 18.9 Å². The molecule has 0 atom stereocenters. The van der Waals surface area contributed by atoms with Crippen LogP contribution in [0.15, 0.2) is 54.1 Å². The van der Waals surface area contributed by atoms with E-state index < -0.39 is 16.1 Å². The van der Waals surface area contributed by atoms with E-state index in [-0.39, 0.29) is 43.9 Å². The third kappa shape index (κ3) is 7.22. The zero-order valence-corrected chi connectivity index (χ0v) is 22.7. The molecule has 1 saturated heterocycles. The number of rotatable bonds is 11. The monoisotopic (exact) mass is 561 g/mol. The molecular weight excluding hydrogens is 530 g/mol. The van der Waals surface area contributed by atoms with Crippen molar-refractivity contribution in [2.24, 2.45) is 5.41 Å². The van der Waals surface area contributed by atoms with Gasteiger partial charge in [0.25, 0.3) is 16.1 Å². The molecule has 13 heteroatoms. The molecule has 2 aliphatic rings. The topological polar surface area (TPSA) is 154 Å². The average Bonchev–Trinajstić information content (AvgIpc) is 3.62. The molecule has 1 saturated carbocycles. The molecule has 0 unspecified atom stereocenters. The van der Waals surface area contributed by atoms with Crippen molar-refractivity contribution in [3.8, 4) is 0 Å². The summed E-state index contributed by atoms with van der Waals surface area (Å²) in [5.74, 6) is -0.157. The second-order valence-electron chi connectivity index (χ2n) is 9.72. The molecule has 38 heavy (non-hydrogen) atoms. The summed E-state index contributed by atoms with van der Waals surface area (Å²) in [6.07, 6.45) is 4.62. The lowest BCUT2D eigenvalue weighted by atomic mass is 10.2. The molecule has 1 aliphatic carbocycles. The van der Waals surface area contributed by atoms with Crippen LogP contribution in [0, 0.1) is 10.8 Å². The summed E-state index contributed by atoms with van der Waals surface area (Å²) in [4.78, 5) is 19.0. The van der Waals surface area contributed by atoms with Crippen molar-refractivity contribution >= 4 is 45.4 Å². The fourth-order valence-corrected chi connectivity index (χ4v) is 5.32. The van der Waals surface area contributed by atoms with Crippen molar-refractivity contribution in [1.29, 1.82) is 5.41 Å². The number of carbonyl (C=O) groups excluding carboxylic acids is 1. The number of hydrogen-bond acceptors (Lipinski definition) is 8. The number of aromatic nitrogens is 1. The molecule has 1 aromatic carbocycles. The minimum Gasteiger partial charge on any atom is -0.486 e. The largest absolute Gasteiger partial charge is 0.486 e. The SMILES string of the molecule is CC1(CO/C(C(=O)Nc2cccc(Cl)c2)=C(/C=N)N2CCN(S(=O)(=O)NCc3ccnc(N)c3)CC2)CC1. The van der Waals surface area contributed by atoms with Crippen LogP contribution < -0.4 is 15.8 Å². The van der Waals surface area contributed by atoms with Crippen LogP contribution in [-0.2, 0) is 26.3 Å². The number of hydrogen-bond donors (Lipinski definition) is 4. The molecule has 2 fully saturated rings. The number of halogens is 1. The number of anilines is 2. The van der Waals surface area contributed by atoms with Gasteiger partial charge in [0, 0.05) is 61.3 Å². The Hall–Kier alpha value is -3.19. The summed E-state index contributed by atoms with van der Waals surface area (Å²) in [7, 11) is -3.75. The van der Waals surface area contributed by atoms with Gasteiger partial charge in [0.1, 0.15) is 11.5 Å². The van der Waals surface area contributed by atoms with Crippen LogP contribution in [0.5, 0.6) is 0 Å². The molecule has 0 bridgehead atoms. The zero-order valence-electron chi connectivity index (χ0n) is 21.1. The first-order chi connectivity index (χ1) is 18.1. The fourth-order valence-electron chi connectivity index (χ4n) is 3.95. The maximum atomic E-state index is 13.3. The Morgan fingerprint density at radius 1 is 1.24 bits per heavy atom. The number of nitrogens with zero attached hydrogens (tertiary/aromatic N) is 3. The Morgan fingerprint density at radius 3 is 2.61 bits per heavy atom. The third-order valence-electron chi connectivity index (χ3n) is 6.55. The molecule has 1 amide bonds. The maximum absolute atomic E-state index is 13.3. The van der Waals surface area contributed by atoms with Gasteiger partial charge in [0.15, 0.2) is 0 Å². The van der Waals surface area contributed by atoms with Gasteiger partial charge in [-0.25, -0.2) is 4.98 Å². The van der Waals surface area contributed by atoms with Crippen LogP contribution in [0.25, 0.3) is 0 Å². The normalized spacial score (nSPS) is 17.9. The van der Waals surface area contributed by atoms with Crippen molar-refractivity contribution < 1.29 is 17.9 Å². The van der Waals surface area contributed by atoms with Crippen LogP contribution >= 0.6 is 11.6 Å².